The SMILES string of the molecule is Cc1ccc(-n2c(C)cc([C@@H]3[C@@H](c4ccccn4)NC(=S)N3C[C@H]3CCCO3)c2C)nc1. The molecule has 1 N–H and O–H groups in total. The molecule has 0 saturated carbocycles. The van der Waals surface area contributed by atoms with Gasteiger partial charge in [0.15, 0.2) is 5.11 Å². The highest BCUT2D eigenvalue weighted by molar-refractivity contribution is 7.80. The Hall–Kier alpha value is -2.77. The van der Waals surface area contributed by atoms with Gasteiger partial charge in [-0.25, -0.2) is 4.98 Å². The topological polar surface area (TPSA) is 55.2 Å². The largest absolute Gasteiger partial charge is 0.376 e. The first-order valence-electron chi connectivity index (χ1n) is 11.2. The van der Waals surface area contributed by atoms with E-state index < -0.39 is 0 Å². The highest BCUT2D eigenvalue weighted by Crippen LogP contribution is 2.41. The second kappa shape index (κ2) is 8.64. The summed E-state index contributed by atoms with van der Waals surface area (Å²) < 4.78 is 8.20. The highest BCUT2D eigenvalue weighted by atomic mass is 32.1. The minimum Gasteiger partial charge on any atom is -0.376 e. The van der Waals surface area contributed by atoms with Crippen molar-refractivity contribution in [3.05, 3.63) is 77.0 Å². The van der Waals surface area contributed by atoms with Gasteiger partial charge in [0.1, 0.15) is 5.82 Å². The molecular weight excluding hydrogens is 418 g/mol. The first kappa shape index (κ1) is 21.1. The highest BCUT2D eigenvalue weighted by Gasteiger charge is 2.42. The molecular formula is C25H29N5OS. The van der Waals surface area contributed by atoms with Gasteiger partial charge in [-0.15, -0.1) is 0 Å². The van der Waals surface area contributed by atoms with Crippen molar-refractivity contribution >= 4 is 17.3 Å². The van der Waals surface area contributed by atoms with E-state index in [-0.39, 0.29) is 18.2 Å². The van der Waals surface area contributed by atoms with Crippen molar-refractivity contribution in [2.75, 3.05) is 13.2 Å². The van der Waals surface area contributed by atoms with Crippen LogP contribution < -0.4 is 5.32 Å². The van der Waals surface area contributed by atoms with E-state index in [1.807, 2.05) is 24.5 Å². The van der Waals surface area contributed by atoms with E-state index in [4.69, 9.17) is 17.0 Å². The lowest BCUT2D eigenvalue weighted by Gasteiger charge is -2.30. The molecule has 6 nitrogen and oxygen atoms in total. The first-order chi connectivity index (χ1) is 15.5. The molecule has 32 heavy (non-hydrogen) atoms. The Morgan fingerprint density at radius 2 is 2.03 bits per heavy atom. The molecule has 2 aliphatic heterocycles. The molecule has 0 spiro atoms. The Morgan fingerprint density at radius 1 is 1.16 bits per heavy atom. The van der Waals surface area contributed by atoms with Crippen LogP contribution in [0.1, 0.15) is 53.1 Å². The van der Waals surface area contributed by atoms with Crippen molar-refractivity contribution in [3.8, 4) is 5.82 Å². The molecule has 2 aliphatic rings. The van der Waals surface area contributed by atoms with Crippen LogP contribution in [-0.2, 0) is 4.74 Å². The third-order valence-corrected chi connectivity index (χ3v) is 6.89. The minimum atomic E-state index is -0.0231. The number of rotatable bonds is 5. The molecule has 166 valence electrons. The zero-order chi connectivity index (χ0) is 22.2. The van der Waals surface area contributed by atoms with Crippen LogP contribution in [-0.4, -0.2) is 43.8 Å². The molecule has 0 amide bonds. The monoisotopic (exact) mass is 447 g/mol. The fourth-order valence-corrected chi connectivity index (χ4v) is 5.30. The van der Waals surface area contributed by atoms with Gasteiger partial charge in [0, 0.05) is 36.9 Å². The van der Waals surface area contributed by atoms with Crippen LogP contribution in [0.2, 0.25) is 0 Å². The van der Waals surface area contributed by atoms with Crippen molar-refractivity contribution in [1.29, 1.82) is 0 Å². The maximum absolute atomic E-state index is 5.97. The average Bonchev–Trinajstić information content (AvgIpc) is 3.49. The Morgan fingerprint density at radius 3 is 2.72 bits per heavy atom. The van der Waals surface area contributed by atoms with Crippen molar-refractivity contribution in [2.45, 2.75) is 51.8 Å². The summed E-state index contributed by atoms with van der Waals surface area (Å²) in [7, 11) is 0. The van der Waals surface area contributed by atoms with E-state index >= 15 is 0 Å². The van der Waals surface area contributed by atoms with Gasteiger partial charge in [0.05, 0.1) is 23.9 Å². The number of hydrogen-bond donors (Lipinski definition) is 1. The lowest BCUT2D eigenvalue weighted by atomic mass is 9.96. The fraction of sp³-hybridized carbons (Fsp3) is 0.400. The number of thiocarbonyl (C=S) groups is 1. The molecule has 0 unspecified atom stereocenters. The molecule has 3 aromatic rings. The summed E-state index contributed by atoms with van der Waals surface area (Å²) in [6, 6.07) is 12.5. The van der Waals surface area contributed by atoms with Gasteiger partial charge < -0.3 is 19.5 Å². The standard InChI is InChI=1S/C25H29N5OS/c1-16-9-10-22(27-14-16)30-17(2)13-20(18(30)3)24-23(21-8-4-5-11-26-21)28-25(32)29(24)15-19-7-6-12-31-19/h4-5,8-11,13-14,19,23-24H,6-7,12,15H2,1-3H3,(H,28,32)/t19-,23-,24-/m1/s1. The summed E-state index contributed by atoms with van der Waals surface area (Å²) >= 11 is 5.83. The molecule has 5 heterocycles. The molecule has 0 aromatic carbocycles. The molecule has 2 saturated heterocycles. The van der Waals surface area contributed by atoms with Gasteiger partial charge in [-0.2, -0.15) is 0 Å². The number of aromatic nitrogens is 3. The minimum absolute atomic E-state index is 0.0231. The van der Waals surface area contributed by atoms with Crippen molar-refractivity contribution < 1.29 is 4.74 Å². The van der Waals surface area contributed by atoms with E-state index in [2.05, 4.69) is 69.8 Å². The van der Waals surface area contributed by atoms with Gasteiger partial charge >= 0.3 is 0 Å². The van der Waals surface area contributed by atoms with Gasteiger partial charge in [0.2, 0.25) is 0 Å². The quantitative estimate of drug-likeness (QED) is 0.587. The number of pyridine rings is 2. The molecule has 2 fully saturated rings. The van der Waals surface area contributed by atoms with Crippen molar-refractivity contribution in [1.82, 2.24) is 24.8 Å². The molecule has 5 rings (SSSR count). The lowest BCUT2D eigenvalue weighted by Crippen LogP contribution is -2.36. The third kappa shape index (κ3) is 3.80. The zero-order valence-corrected chi connectivity index (χ0v) is 19.6. The number of aryl methyl sites for hydroxylation is 2. The summed E-state index contributed by atoms with van der Waals surface area (Å²) in [6.45, 7) is 7.99. The van der Waals surface area contributed by atoms with Gasteiger partial charge in [-0.05, 0) is 81.2 Å². The van der Waals surface area contributed by atoms with Crippen molar-refractivity contribution in [2.24, 2.45) is 0 Å². The summed E-state index contributed by atoms with van der Waals surface area (Å²) in [5, 5.41) is 4.32. The van der Waals surface area contributed by atoms with E-state index in [0.717, 1.165) is 53.9 Å². The Balaban J connectivity index is 1.58. The molecule has 7 heteroatoms. The Bertz CT molecular complexity index is 1110. The molecule has 3 aromatic heterocycles. The number of nitrogens with one attached hydrogen (secondary N) is 1. The summed E-state index contributed by atoms with van der Waals surface area (Å²) in [5.74, 6) is 0.936. The van der Waals surface area contributed by atoms with Crippen LogP contribution in [0.4, 0.5) is 0 Å². The van der Waals surface area contributed by atoms with E-state index in [1.165, 1.54) is 11.3 Å². The van der Waals surface area contributed by atoms with Crippen molar-refractivity contribution in [3.63, 3.8) is 0 Å². The van der Waals surface area contributed by atoms with Crippen LogP contribution in [0.25, 0.3) is 5.82 Å². The summed E-state index contributed by atoms with van der Waals surface area (Å²) in [6.07, 6.45) is 6.16. The van der Waals surface area contributed by atoms with Gasteiger partial charge in [0.25, 0.3) is 0 Å². The van der Waals surface area contributed by atoms with Crippen LogP contribution >= 0.6 is 12.2 Å². The van der Waals surface area contributed by atoms with E-state index in [1.54, 1.807) is 0 Å². The molecule has 0 radical (unpaired) electrons. The predicted octanol–water partition coefficient (Wildman–Crippen LogP) is 4.34. The lowest BCUT2D eigenvalue weighted by molar-refractivity contribution is 0.0842. The third-order valence-electron chi connectivity index (χ3n) is 6.54. The number of hydrogen-bond acceptors (Lipinski definition) is 4. The van der Waals surface area contributed by atoms with Crippen LogP contribution in [0, 0.1) is 20.8 Å². The maximum Gasteiger partial charge on any atom is 0.170 e. The van der Waals surface area contributed by atoms with Crippen LogP contribution in [0.3, 0.4) is 0 Å². The first-order valence-corrected chi connectivity index (χ1v) is 11.7. The smallest absolute Gasteiger partial charge is 0.170 e. The zero-order valence-electron chi connectivity index (χ0n) is 18.8. The normalized spacial score (nSPS) is 23.0. The van der Waals surface area contributed by atoms with Gasteiger partial charge in [-0.1, -0.05) is 12.1 Å². The molecule has 3 atom stereocenters. The average molecular weight is 448 g/mol. The van der Waals surface area contributed by atoms with Gasteiger partial charge in [-0.3, -0.25) is 4.98 Å². The second-order valence-corrected chi connectivity index (χ2v) is 9.16. The second-order valence-electron chi connectivity index (χ2n) is 8.77. The number of nitrogens with zero attached hydrogens (tertiary/aromatic N) is 4. The molecule has 0 aliphatic carbocycles. The fourth-order valence-electron chi connectivity index (χ4n) is 4.98. The Kier molecular flexibility index (Phi) is 5.69. The number of ether oxygens (including phenoxy) is 1. The Labute approximate surface area is 194 Å². The predicted molar refractivity (Wildman–Crippen MR) is 129 cm³/mol. The van der Waals surface area contributed by atoms with Crippen LogP contribution in [0.15, 0.2) is 48.8 Å². The summed E-state index contributed by atoms with van der Waals surface area (Å²) in [5.41, 5.74) is 5.72. The van der Waals surface area contributed by atoms with E-state index in [9.17, 15) is 0 Å². The van der Waals surface area contributed by atoms with E-state index in [0.29, 0.717) is 0 Å². The maximum atomic E-state index is 5.97. The summed E-state index contributed by atoms with van der Waals surface area (Å²) in [4.78, 5) is 11.6. The molecule has 0 bridgehead atoms. The van der Waals surface area contributed by atoms with Crippen LogP contribution in [0.5, 0.6) is 0 Å².